The maximum Gasteiger partial charge on any atom is 0.0927 e. The van der Waals surface area contributed by atoms with Crippen LogP contribution >= 0.6 is 0 Å². The molecule has 0 spiro atoms. The fraction of sp³-hybridized carbons (Fsp3) is 0.417. The zero-order valence-corrected chi connectivity index (χ0v) is 8.81. The Morgan fingerprint density at radius 1 is 1.40 bits per heavy atom. The summed E-state index contributed by atoms with van der Waals surface area (Å²) in [6, 6.07) is 8.70. The van der Waals surface area contributed by atoms with Crippen molar-refractivity contribution < 1.29 is 4.74 Å². The summed E-state index contributed by atoms with van der Waals surface area (Å²) in [7, 11) is 0. The highest BCUT2D eigenvalue weighted by molar-refractivity contribution is 5.81. The molecule has 2 aromatic rings. The molecule has 15 heavy (non-hydrogen) atoms. The van der Waals surface area contributed by atoms with Gasteiger partial charge in [-0.15, -0.1) is 0 Å². The molecule has 3 nitrogen and oxygen atoms in total. The lowest BCUT2D eigenvalue weighted by Gasteiger charge is -2.09. The molecule has 0 bridgehead atoms. The van der Waals surface area contributed by atoms with E-state index in [-0.39, 0.29) is 0 Å². The van der Waals surface area contributed by atoms with Gasteiger partial charge in [0.15, 0.2) is 0 Å². The number of nitrogens with zero attached hydrogens (tertiary/aromatic N) is 2. The van der Waals surface area contributed by atoms with Crippen LogP contribution in [-0.4, -0.2) is 16.4 Å². The van der Waals surface area contributed by atoms with Crippen LogP contribution in [0, 0.1) is 0 Å². The van der Waals surface area contributed by atoms with E-state index in [4.69, 9.17) is 4.74 Å². The molecule has 3 heteroatoms. The van der Waals surface area contributed by atoms with Gasteiger partial charge in [-0.2, -0.15) is 5.10 Å². The molecule has 0 aliphatic carbocycles. The lowest BCUT2D eigenvalue weighted by Crippen LogP contribution is -2.08. The molecule has 1 aromatic heterocycles. The highest BCUT2D eigenvalue weighted by Gasteiger charge is 2.18. The van der Waals surface area contributed by atoms with Crippen molar-refractivity contribution >= 4 is 10.9 Å². The summed E-state index contributed by atoms with van der Waals surface area (Å²) < 4.78 is 7.72. The number of hydrogen-bond donors (Lipinski definition) is 0. The van der Waals surface area contributed by atoms with E-state index >= 15 is 0 Å². The smallest absolute Gasteiger partial charge is 0.0927 e. The molecule has 1 atom stereocenters. The summed E-state index contributed by atoms with van der Waals surface area (Å²) in [5, 5.41) is 5.86. The van der Waals surface area contributed by atoms with E-state index in [9.17, 15) is 0 Å². The fourth-order valence-corrected chi connectivity index (χ4v) is 2.16. The molecule has 1 unspecified atom stereocenters. The van der Waals surface area contributed by atoms with Gasteiger partial charge in [-0.25, -0.2) is 0 Å². The highest BCUT2D eigenvalue weighted by Crippen LogP contribution is 2.25. The Labute approximate surface area is 88.7 Å². The van der Waals surface area contributed by atoms with E-state index in [1.165, 1.54) is 11.1 Å². The van der Waals surface area contributed by atoms with E-state index in [1.54, 1.807) is 0 Å². The second kappa shape index (κ2) is 3.35. The van der Waals surface area contributed by atoms with Gasteiger partial charge in [0.1, 0.15) is 0 Å². The molecule has 0 amide bonds. The van der Waals surface area contributed by atoms with Crippen LogP contribution < -0.4 is 0 Å². The Morgan fingerprint density at radius 3 is 3.20 bits per heavy atom. The summed E-state index contributed by atoms with van der Waals surface area (Å²) in [6.45, 7) is 3.72. The highest BCUT2D eigenvalue weighted by atomic mass is 16.5. The number of aromatic nitrogens is 2. The SMILES string of the molecule is CC1CCOCc2c3ccccc3nn21. The second-order valence-corrected chi connectivity index (χ2v) is 4.10. The fourth-order valence-electron chi connectivity index (χ4n) is 2.16. The predicted molar refractivity (Wildman–Crippen MR) is 58.7 cm³/mol. The minimum Gasteiger partial charge on any atom is -0.375 e. The average molecular weight is 202 g/mol. The zero-order valence-electron chi connectivity index (χ0n) is 8.81. The molecule has 0 N–H and O–H groups in total. The first-order valence-corrected chi connectivity index (χ1v) is 5.40. The van der Waals surface area contributed by atoms with Gasteiger partial charge in [0.05, 0.1) is 23.9 Å². The van der Waals surface area contributed by atoms with Crippen LogP contribution in [0.1, 0.15) is 25.1 Å². The maximum atomic E-state index is 5.60. The van der Waals surface area contributed by atoms with Gasteiger partial charge in [-0.05, 0) is 19.4 Å². The van der Waals surface area contributed by atoms with Crippen LogP contribution in [-0.2, 0) is 11.3 Å². The van der Waals surface area contributed by atoms with Gasteiger partial charge >= 0.3 is 0 Å². The van der Waals surface area contributed by atoms with Crippen molar-refractivity contribution in [2.75, 3.05) is 6.61 Å². The first kappa shape index (κ1) is 8.92. The molecule has 2 heterocycles. The molecule has 1 aliphatic rings. The van der Waals surface area contributed by atoms with Crippen LogP contribution in [0.2, 0.25) is 0 Å². The Balaban J connectivity index is 2.26. The molecule has 0 saturated carbocycles. The third-order valence-corrected chi connectivity index (χ3v) is 3.04. The molecule has 78 valence electrons. The molecule has 0 radical (unpaired) electrons. The normalized spacial score (nSPS) is 21.3. The van der Waals surface area contributed by atoms with Gasteiger partial charge < -0.3 is 4.74 Å². The predicted octanol–water partition coefficient (Wildman–Crippen LogP) is 2.52. The molecule has 1 aliphatic heterocycles. The van der Waals surface area contributed by atoms with E-state index < -0.39 is 0 Å². The van der Waals surface area contributed by atoms with Gasteiger partial charge in [0, 0.05) is 12.0 Å². The molecular weight excluding hydrogens is 188 g/mol. The Kier molecular flexibility index (Phi) is 1.99. The largest absolute Gasteiger partial charge is 0.375 e. The van der Waals surface area contributed by atoms with Crippen molar-refractivity contribution in [2.24, 2.45) is 0 Å². The van der Waals surface area contributed by atoms with Gasteiger partial charge in [-0.3, -0.25) is 4.68 Å². The molecule has 0 fully saturated rings. The van der Waals surface area contributed by atoms with Crippen LogP contribution in [0.5, 0.6) is 0 Å². The molecular formula is C12H14N2O. The summed E-state index contributed by atoms with van der Waals surface area (Å²) >= 11 is 0. The molecule has 3 rings (SSSR count). The summed E-state index contributed by atoms with van der Waals surface area (Å²) in [5.41, 5.74) is 2.29. The van der Waals surface area contributed by atoms with Gasteiger partial charge in [0.2, 0.25) is 0 Å². The topological polar surface area (TPSA) is 27.1 Å². The lowest BCUT2D eigenvalue weighted by atomic mass is 10.2. The Hall–Kier alpha value is -1.35. The monoisotopic (exact) mass is 202 g/mol. The van der Waals surface area contributed by atoms with Gasteiger partial charge in [-0.1, -0.05) is 18.2 Å². The van der Waals surface area contributed by atoms with Crippen LogP contribution in [0.4, 0.5) is 0 Å². The van der Waals surface area contributed by atoms with Crippen molar-refractivity contribution in [3.8, 4) is 0 Å². The number of rotatable bonds is 0. The number of ether oxygens (including phenoxy) is 1. The van der Waals surface area contributed by atoms with Crippen molar-refractivity contribution in [3.63, 3.8) is 0 Å². The average Bonchev–Trinajstić information content (AvgIpc) is 2.54. The van der Waals surface area contributed by atoms with Crippen LogP contribution in [0.15, 0.2) is 24.3 Å². The summed E-state index contributed by atoms with van der Waals surface area (Å²) in [6.07, 6.45) is 1.04. The minimum atomic E-state index is 0.440. The first-order chi connectivity index (χ1) is 7.36. The van der Waals surface area contributed by atoms with E-state index in [1.807, 2.05) is 6.07 Å². The number of fused-ring (bicyclic) bond motifs is 3. The maximum absolute atomic E-state index is 5.60. The standard InChI is InChI=1S/C12H14N2O/c1-9-6-7-15-8-12-10-4-2-3-5-11(10)13-14(9)12/h2-5,9H,6-8H2,1H3. The van der Waals surface area contributed by atoms with Crippen LogP contribution in [0.3, 0.4) is 0 Å². The molecule has 0 saturated heterocycles. The van der Waals surface area contributed by atoms with Crippen molar-refractivity contribution in [2.45, 2.75) is 26.0 Å². The number of benzene rings is 1. The van der Waals surface area contributed by atoms with E-state index in [2.05, 4.69) is 34.9 Å². The lowest BCUT2D eigenvalue weighted by molar-refractivity contribution is 0.123. The third kappa shape index (κ3) is 1.35. The summed E-state index contributed by atoms with van der Waals surface area (Å²) in [5.74, 6) is 0. The third-order valence-electron chi connectivity index (χ3n) is 3.04. The quantitative estimate of drug-likeness (QED) is 0.656. The minimum absolute atomic E-state index is 0.440. The summed E-state index contributed by atoms with van der Waals surface area (Å²) in [4.78, 5) is 0. The Bertz CT molecular complexity index is 489. The second-order valence-electron chi connectivity index (χ2n) is 4.10. The van der Waals surface area contributed by atoms with Crippen molar-refractivity contribution in [3.05, 3.63) is 30.0 Å². The molecule has 1 aromatic carbocycles. The van der Waals surface area contributed by atoms with Crippen molar-refractivity contribution in [1.29, 1.82) is 0 Å². The van der Waals surface area contributed by atoms with E-state index in [0.717, 1.165) is 18.5 Å². The van der Waals surface area contributed by atoms with Crippen LogP contribution in [0.25, 0.3) is 10.9 Å². The van der Waals surface area contributed by atoms with Crippen molar-refractivity contribution in [1.82, 2.24) is 9.78 Å². The first-order valence-electron chi connectivity index (χ1n) is 5.40. The Morgan fingerprint density at radius 2 is 2.27 bits per heavy atom. The zero-order chi connectivity index (χ0) is 10.3. The van der Waals surface area contributed by atoms with Gasteiger partial charge in [0.25, 0.3) is 0 Å². The number of hydrogen-bond acceptors (Lipinski definition) is 2. The van der Waals surface area contributed by atoms with E-state index in [0.29, 0.717) is 12.6 Å².